The lowest BCUT2D eigenvalue weighted by molar-refractivity contribution is -0.274. The molecule has 0 fully saturated rings. The average Bonchev–Trinajstić information content (AvgIpc) is 1.97. The lowest BCUT2D eigenvalue weighted by Gasteiger charge is -2.12. The van der Waals surface area contributed by atoms with Crippen LogP contribution in [0.1, 0.15) is 5.56 Å². The molecule has 14 heavy (non-hydrogen) atoms. The third-order valence-corrected chi connectivity index (χ3v) is 2.45. The summed E-state index contributed by atoms with van der Waals surface area (Å²) < 4.78 is 40.2. The minimum atomic E-state index is -4.68. The lowest BCUT2D eigenvalue weighted by Crippen LogP contribution is -2.18. The Morgan fingerprint density at radius 1 is 1.36 bits per heavy atom. The van der Waals surface area contributed by atoms with Crippen molar-refractivity contribution in [2.75, 3.05) is 5.73 Å². The van der Waals surface area contributed by atoms with Crippen LogP contribution in [-0.4, -0.2) is 6.36 Å². The van der Waals surface area contributed by atoms with Gasteiger partial charge in [0.25, 0.3) is 0 Å². The number of nitrogens with two attached hydrogens (primary N) is 1. The Morgan fingerprint density at radius 2 is 1.93 bits per heavy atom. The van der Waals surface area contributed by atoms with Crippen molar-refractivity contribution in [1.82, 2.24) is 0 Å². The van der Waals surface area contributed by atoms with Gasteiger partial charge in [0, 0.05) is 15.3 Å². The molecule has 2 nitrogen and oxygen atoms in total. The highest BCUT2D eigenvalue weighted by molar-refractivity contribution is 14.1. The fourth-order valence-corrected chi connectivity index (χ4v) is 1.53. The fraction of sp³-hybridized carbons (Fsp3) is 0.250. The summed E-state index contributed by atoms with van der Waals surface area (Å²) in [6, 6.07) is 2.71. The smallest absolute Gasteiger partial charge is 0.405 e. The Kier molecular flexibility index (Phi) is 3.13. The van der Waals surface area contributed by atoms with Crippen molar-refractivity contribution >= 4 is 28.3 Å². The Bertz CT molecular complexity index is 351. The van der Waals surface area contributed by atoms with E-state index in [9.17, 15) is 13.2 Å². The number of alkyl halides is 3. The van der Waals surface area contributed by atoms with Crippen molar-refractivity contribution in [2.24, 2.45) is 0 Å². The summed E-state index contributed by atoms with van der Waals surface area (Å²) in [5.41, 5.74) is 6.13. The fourth-order valence-electron chi connectivity index (χ4n) is 0.903. The molecule has 0 aromatic heterocycles. The quantitative estimate of drug-likeness (QED) is 0.638. The second-order valence-corrected chi connectivity index (χ2v) is 3.85. The maximum absolute atomic E-state index is 11.9. The van der Waals surface area contributed by atoms with Crippen LogP contribution in [-0.2, 0) is 0 Å². The van der Waals surface area contributed by atoms with Crippen LogP contribution in [0.4, 0.5) is 18.9 Å². The summed E-state index contributed by atoms with van der Waals surface area (Å²) in [5.74, 6) is -0.254. The highest BCUT2D eigenvalue weighted by atomic mass is 127. The van der Waals surface area contributed by atoms with Crippen LogP contribution >= 0.6 is 22.6 Å². The second kappa shape index (κ2) is 3.84. The minimum Gasteiger partial charge on any atom is -0.405 e. The molecule has 78 valence electrons. The van der Waals surface area contributed by atoms with E-state index in [1.165, 1.54) is 19.1 Å². The SMILES string of the molecule is Cc1cc(I)c(N)cc1OC(F)(F)F. The van der Waals surface area contributed by atoms with Crippen LogP contribution in [0.15, 0.2) is 12.1 Å². The van der Waals surface area contributed by atoms with Crippen LogP contribution in [0.25, 0.3) is 0 Å². The average molecular weight is 317 g/mol. The van der Waals surface area contributed by atoms with Crippen molar-refractivity contribution in [3.05, 3.63) is 21.3 Å². The monoisotopic (exact) mass is 317 g/mol. The molecule has 0 amide bonds. The minimum absolute atomic E-state index is 0.254. The van der Waals surface area contributed by atoms with E-state index in [1.54, 1.807) is 0 Å². The molecule has 1 aromatic rings. The van der Waals surface area contributed by atoms with Crippen molar-refractivity contribution in [2.45, 2.75) is 13.3 Å². The van der Waals surface area contributed by atoms with Crippen LogP contribution in [0.3, 0.4) is 0 Å². The van der Waals surface area contributed by atoms with E-state index in [4.69, 9.17) is 5.73 Å². The predicted molar refractivity (Wildman–Crippen MR) is 55.0 cm³/mol. The van der Waals surface area contributed by atoms with E-state index in [2.05, 4.69) is 4.74 Å². The number of ether oxygens (including phenoxy) is 1. The van der Waals surface area contributed by atoms with Gasteiger partial charge in [-0.3, -0.25) is 0 Å². The summed E-state index contributed by atoms with van der Waals surface area (Å²) in [4.78, 5) is 0. The first-order valence-corrected chi connectivity index (χ1v) is 4.69. The highest BCUT2D eigenvalue weighted by Crippen LogP contribution is 2.30. The number of hydrogen-bond donors (Lipinski definition) is 1. The van der Waals surface area contributed by atoms with E-state index in [-0.39, 0.29) is 11.4 Å². The molecule has 0 unspecified atom stereocenters. The van der Waals surface area contributed by atoms with E-state index in [0.717, 1.165) is 0 Å². The maximum Gasteiger partial charge on any atom is 0.573 e. The molecule has 0 heterocycles. The molecular weight excluding hydrogens is 310 g/mol. The van der Waals surface area contributed by atoms with Gasteiger partial charge in [-0.05, 0) is 41.1 Å². The van der Waals surface area contributed by atoms with Crippen LogP contribution in [0, 0.1) is 10.5 Å². The summed E-state index contributed by atoms with van der Waals surface area (Å²) in [6.45, 7) is 1.53. The summed E-state index contributed by atoms with van der Waals surface area (Å²) in [5, 5.41) is 0. The van der Waals surface area contributed by atoms with Gasteiger partial charge in [0.2, 0.25) is 0 Å². The standard InChI is InChI=1S/C8H7F3INO/c1-4-2-5(12)6(13)3-7(4)14-8(9,10)11/h2-3H,13H2,1H3. The van der Waals surface area contributed by atoms with E-state index >= 15 is 0 Å². The number of hydrogen-bond acceptors (Lipinski definition) is 2. The number of aryl methyl sites for hydroxylation is 1. The molecule has 0 spiro atoms. The van der Waals surface area contributed by atoms with E-state index in [1.807, 2.05) is 22.6 Å². The molecule has 6 heteroatoms. The van der Waals surface area contributed by atoms with E-state index in [0.29, 0.717) is 9.13 Å². The molecule has 0 saturated carbocycles. The molecule has 0 aliphatic carbocycles. The number of anilines is 1. The second-order valence-electron chi connectivity index (χ2n) is 2.69. The van der Waals surface area contributed by atoms with E-state index < -0.39 is 6.36 Å². The zero-order valence-corrected chi connectivity index (χ0v) is 9.31. The zero-order chi connectivity index (χ0) is 10.9. The maximum atomic E-state index is 11.9. The third kappa shape index (κ3) is 2.93. The Labute approximate surface area is 92.4 Å². The van der Waals surface area contributed by atoms with Gasteiger partial charge >= 0.3 is 6.36 Å². The van der Waals surface area contributed by atoms with Crippen LogP contribution < -0.4 is 10.5 Å². The molecule has 0 atom stereocenters. The first-order valence-electron chi connectivity index (χ1n) is 3.61. The molecule has 0 aliphatic heterocycles. The summed E-state index contributed by atoms with van der Waals surface area (Å²) in [6.07, 6.45) is -4.68. The molecule has 1 rings (SSSR count). The van der Waals surface area contributed by atoms with Crippen LogP contribution in [0.5, 0.6) is 5.75 Å². The number of nitrogen functional groups attached to an aromatic ring is 1. The van der Waals surface area contributed by atoms with Crippen molar-refractivity contribution in [1.29, 1.82) is 0 Å². The first-order chi connectivity index (χ1) is 6.29. The van der Waals surface area contributed by atoms with Crippen LogP contribution in [0.2, 0.25) is 0 Å². The molecule has 0 aliphatic rings. The Morgan fingerprint density at radius 3 is 2.43 bits per heavy atom. The molecular formula is C8H7F3INO. The van der Waals surface area contributed by atoms with Gasteiger partial charge in [-0.15, -0.1) is 13.2 Å². The number of benzene rings is 1. The molecule has 2 N–H and O–H groups in total. The number of rotatable bonds is 1. The normalized spacial score (nSPS) is 11.5. The van der Waals surface area contributed by atoms with Gasteiger partial charge < -0.3 is 10.5 Å². The highest BCUT2D eigenvalue weighted by Gasteiger charge is 2.31. The topological polar surface area (TPSA) is 35.2 Å². The summed E-state index contributed by atoms with van der Waals surface area (Å²) >= 11 is 1.94. The third-order valence-electron chi connectivity index (χ3n) is 1.52. The Hall–Kier alpha value is -0.660. The van der Waals surface area contributed by atoms with Gasteiger partial charge in [-0.1, -0.05) is 0 Å². The van der Waals surface area contributed by atoms with Gasteiger partial charge in [-0.2, -0.15) is 0 Å². The predicted octanol–water partition coefficient (Wildman–Crippen LogP) is 3.08. The van der Waals surface area contributed by atoms with Crippen molar-refractivity contribution in [3.63, 3.8) is 0 Å². The van der Waals surface area contributed by atoms with Crippen molar-refractivity contribution in [3.8, 4) is 5.75 Å². The van der Waals surface area contributed by atoms with Gasteiger partial charge in [-0.25, -0.2) is 0 Å². The largest absolute Gasteiger partial charge is 0.573 e. The van der Waals surface area contributed by atoms with Gasteiger partial charge in [0.15, 0.2) is 0 Å². The molecule has 0 radical (unpaired) electrons. The molecule has 1 aromatic carbocycles. The molecule has 0 saturated heterocycles. The zero-order valence-electron chi connectivity index (χ0n) is 7.15. The first kappa shape index (κ1) is 11.4. The van der Waals surface area contributed by atoms with Crippen molar-refractivity contribution < 1.29 is 17.9 Å². The lowest BCUT2D eigenvalue weighted by atomic mass is 10.2. The Balaban J connectivity index is 3.04. The van der Waals surface area contributed by atoms with Gasteiger partial charge in [0.1, 0.15) is 5.75 Å². The summed E-state index contributed by atoms with van der Waals surface area (Å²) in [7, 11) is 0. The van der Waals surface area contributed by atoms with Gasteiger partial charge in [0.05, 0.1) is 0 Å². The number of halogens is 4. The molecule has 0 bridgehead atoms.